The zero-order chi connectivity index (χ0) is 27.7. The molecule has 0 saturated heterocycles. The number of aromatic nitrogens is 2. The molecule has 0 unspecified atom stereocenters. The van der Waals surface area contributed by atoms with Crippen LogP contribution in [0.4, 0.5) is 0 Å². The van der Waals surface area contributed by atoms with E-state index in [4.69, 9.17) is 9.72 Å². The molecule has 0 saturated carbocycles. The quantitative estimate of drug-likeness (QED) is 0.222. The molecule has 0 spiro atoms. The number of nitrogens with zero attached hydrogens (tertiary/aromatic N) is 1. The molecule has 2 aliphatic rings. The van der Waals surface area contributed by atoms with E-state index in [1.54, 1.807) is 13.8 Å². The van der Waals surface area contributed by atoms with Crippen LogP contribution in [0.5, 0.6) is 17.2 Å². The van der Waals surface area contributed by atoms with Gasteiger partial charge in [0.05, 0.1) is 28.2 Å². The molecule has 9 nitrogen and oxygen atoms in total. The summed E-state index contributed by atoms with van der Waals surface area (Å²) in [6.07, 6.45) is 1.21. The number of ether oxygens (including phenoxy) is 1. The average Bonchev–Trinajstić information content (AvgIpc) is 3.40. The molecule has 2 atom stereocenters. The Hall–Kier alpha value is -4.40. The average molecular weight is 516 g/mol. The Bertz CT molecular complexity index is 1590. The molecule has 0 radical (unpaired) electrons. The van der Waals surface area contributed by atoms with Gasteiger partial charge >= 0.3 is 0 Å². The van der Waals surface area contributed by atoms with E-state index in [9.17, 15) is 24.6 Å². The Morgan fingerprint density at radius 1 is 1.13 bits per heavy atom. The number of phenols is 2. The van der Waals surface area contributed by atoms with Crippen molar-refractivity contribution in [2.24, 2.45) is 5.92 Å². The molecule has 196 valence electrons. The number of fused-ring (bicyclic) bond motifs is 4. The number of allylic oxidation sites excluding steroid dienone is 4. The molecule has 5 rings (SSSR count). The molecule has 0 amide bonds. The van der Waals surface area contributed by atoms with E-state index in [-0.39, 0.29) is 51.5 Å². The number of rotatable bonds is 5. The molecule has 1 aliphatic heterocycles. The number of hydrogen-bond donors (Lipinski definition) is 4. The highest BCUT2D eigenvalue weighted by molar-refractivity contribution is 6.31. The zero-order valence-electron chi connectivity index (χ0n) is 22.0. The fraction of sp³-hybridized carbons (Fsp3) is 0.310. The van der Waals surface area contributed by atoms with Gasteiger partial charge in [-0.2, -0.15) is 0 Å². The first-order chi connectivity index (χ1) is 17.9. The van der Waals surface area contributed by atoms with Crippen LogP contribution in [0.15, 0.2) is 47.4 Å². The van der Waals surface area contributed by atoms with Crippen molar-refractivity contribution in [1.29, 1.82) is 0 Å². The largest absolute Gasteiger partial charge is 0.507 e. The van der Waals surface area contributed by atoms with Gasteiger partial charge < -0.3 is 25.3 Å². The third-order valence-electron chi connectivity index (χ3n) is 7.50. The standard InChI is InChI=1S/C29H29N3O6/c1-12(2)23(28-31-16-9-7-8-10-17(16)32-28)30-14(4)20-18(34)11-19-29(6,27(20)37)22-25(36)13(3)24(35)21(15(5)33)26(22)38-19/h7-12,23,30,35-36H,1-6H3,(H,31,32)/t23-,29-/m0/s1. The zero-order valence-corrected chi connectivity index (χ0v) is 22.0. The lowest BCUT2D eigenvalue weighted by atomic mass is 9.70. The maximum Gasteiger partial charge on any atom is 0.194 e. The van der Waals surface area contributed by atoms with E-state index in [0.717, 1.165) is 11.0 Å². The Labute approximate surface area is 219 Å². The summed E-state index contributed by atoms with van der Waals surface area (Å²) in [5.41, 5.74) is 0.355. The Morgan fingerprint density at radius 2 is 1.82 bits per heavy atom. The van der Waals surface area contributed by atoms with Crippen molar-refractivity contribution in [2.75, 3.05) is 0 Å². The third kappa shape index (κ3) is 3.45. The van der Waals surface area contributed by atoms with Gasteiger partial charge in [0, 0.05) is 17.3 Å². The predicted molar refractivity (Wildman–Crippen MR) is 140 cm³/mol. The summed E-state index contributed by atoms with van der Waals surface area (Å²) in [7, 11) is 0. The van der Waals surface area contributed by atoms with Crippen LogP contribution in [0.3, 0.4) is 0 Å². The van der Waals surface area contributed by atoms with Crippen molar-refractivity contribution in [1.82, 2.24) is 15.3 Å². The number of aromatic amines is 1. The summed E-state index contributed by atoms with van der Waals surface area (Å²) in [6.45, 7) is 9.92. The van der Waals surface area contributed by atoms with Crippen LogP contribution in [0, 0.1) is 12.8 Å². The molecule has 3 aromatic rings. The number of ketones is 3. The van der Waals surface area contributed by atoms with Gasteiger partial charge in [-0.05, 0) is 45.7 Å². The number of nitrogens with one attached hydrogen (secondary N) is 2. The summed E-state index contributed by atoms with van der Waals surface area (Å²) < 4.78 is 5.83. The number of aromatic hydroxyl groups is 2. The van der Waals surface area contributed by atoms with Crippen LogP contribution in [0.25, 0.3) is 11.0 Å². The Balaban J connectivity index is 1.63. The lowest BCUT2D eigenvalue weighted by Gasteiger charge is -2.30. The number of H-pyrrole nitrogens is 1. The van der Waals surface area contributed by atoms with Gasteiger partial charge in [0.2, 0.25) is 0 Å². The Kier molecular flexibility index (Phi) is 5.70. The second-order valence-corrected chi connectivity index (χ2v) is 10.4. The number of benzene rings is 2. The van der Waals surface area contributed by atoms with Gasteiger partial charge in [-0.1, -0.05) is 26.0 Å². The first-order valence-corrected chi connectivity index (χ1v) is 12.4. The van der Waals surface area contributed by atoms with Crippen LogP contribution in [-0.4, -0.2) is 37.5 Å². The van der Waals surface area contributed by atoms with E-state index >= 15 is 0 Å². The second kappa shape index (κ2) is 8.58. The number of carbonyl (C=O) groups excluding carboxylic acids is 3. The predicted octanol–water partition coefficient (Wildman–Crippen LogP) is 4.43. The van der Waals surface area contributed by atoms with Crippen molar-refractivity contribution in [3.8, 4) is 17.2 Å². The molecular formula is C29H29N3O6. The van der Waals surface area contributed by atoms with Crippen LogP contribution in [-0.2, 0) is 15.0 Å². The summed E-state index contributed by atoms with van der Waals surface area (Å²) in [5.74, 6) is -1.81. The maximum absolute atomic E-state index is 14.1. The van der Waals surface area contributed by atoms with Crippen molar-refractivity contribution >= 4 is 28.4 Å². The van der Waals surface area contributed by atoms with Gasteiger partial charge in [-0.25, -0.2) is 4.98 Å². The van der Waals surface area contributed by atoms with E-state index in [1.165, 1.54) is 19.9 Å². The van der Waals surface area contributed by atoms with E-state index < -0.39 is 28.5 Å². The van der Waals surface area contributed by atoms with Crippen LogP contribution >= 0.6 is 0 Å². The number of Topliss-reactive ketones (excluding diaryl/α,β-unsaturated/α-hetero) is 2. The molecule has 4 N–H and O–H groups in total. The SMILES string of the molecule is CC(=O)c1c(O)c(C)c(O)c2c1OC1=CC(=O)C(=C(C)N[C@H](c3nc4ccccc4[nH]3)C(C)C)C(=O)[C@@]12C. The molecule has 2 heterocycles. The minimum atomic E-state index is -1.57. The minimum Gasteiger partial charge on any atom is -0.507 e. The molecule has 38 heavy (non-hydrogen) atoms. The van der Waals surface area contributed by atoms with Gasteiger partial charge in [0.1, 0.15) is 39.8 Å². The number of phenolic OH excluding ortho intramolecular Hbond substituents is 2. The smallest absolute Gasteiger partial charge is 0.194 e. The van der Waals surface area contributed by atoms with Gasteiger partial charge in [0.25, 0.3) is 0 Å². The molecule has 0 bridgehead atoms. The molecule has 0 fully saturated rings. The maximum atomic E-state index is 14.1. The molecular weight excluding hydrogens is 486 g/mol. The van der Waals surface area contributed by atoms with E-state index in [1.807, 2.05) is 38.1 Å². The summed E-state index contributed by atoms with van der Waals surface area (Å²) >= 11 is 0. The van der Waals surface area contributed by atoms with Crippen LogP contribution in [0.2, 0.25) is 0 Å². The van der Waals surface area contributed by atoms with Crippen molar-refractivity contribution in [3.63, 3.8) is 0 Å². The highest BCUT2D eigenvalue weighted by Crippen LogP contribution is 2.57. The number of carbonyl (C=O) groups is 3. The Morgan fingerprint density at radius 3 is 2.45 bits per heavy atom. The minimum absolute atomic E-state index is 0.000422. The van der Waals surface area contributed by atoms with Crippen LogP contribution in [0.1, 0.15) is 68.0 Å². The summed E-state index contributed by atoms with van der Waals surface area (Å²) in [6, 6.07) is 7.30. The number of hydrogen-bond acceptors (Lipinski definition) is 8. The van der Waals surface area contributed by atoms with Crippen molar-refractivity contribution in [2.45, 2.75) is 53.0 Å². The molecule has 2 aromatic carbocycles. The lowest BCUT2D eigenvalue weighted by Crippen LogP contribution is -2.41. The van der Waals surface area contributed by atoms with E-state index in [2.05, 4.69) is 10.3 Å². The molecule has 1 aliphatic carbocycles. The van der Waals surface area contributed by atoms with Crippen molar-refractivity contribution in [3.05, 3.63) is 69.9 Å². The number of imidazole rings is 1. The van der Waals surface area contributed by atoms with Gasteiger partial charge in [-0.3, -0.25) is 14.4 Å². The monoisotopic (exact) mass is 515 g/mol. The van der Waals surface area contributed by atoms with Crippen molar-refractivity contribution < 1.29 is 29.3 Å². The highest BCUT2D eigenvalue weighted by atomic mass is 16.5. The fourth-order valence-corrected chi connectivity index (χ4v) is 5.34. The summed E-state index contributed by atoms with van der Waals surface area (Å²) in [5, 5.41) is 24.9. The lowest BCUT2D eigenvalue weighted by molar-refractivity contribution is -0.123. The van der Waals surface area contributed by atoms with Gasteiger partial charge in [0.15, 0.2) is 17.3 Å². The molecule has 1 aromatic heterocycles. The summed E-state index contributed by atoms with van der Waals surface area (Å²) in [4.78, 5) is 47.7. The normalized spacial score (nSPS) is 20.7. The number of para-hydroxylation sites is 2. The van der Waals surface area contributed by atoms with E-state index in [0.29, 0.717) is 11.5 Å². The third-order valence-corrected chi connectivity index (χ3v) is 7.50. The topological polar surface area (TPSA) is 142 Å². The second-order valence-electron chi connectivity index (χ2n) is 10.4. The first kappa shape index (κ1) is 25.3. The van der Waals surface area contributed by atoms with Gasteiger partial charge in [-0.15, -0.1) is 0 Å². The highest BCUT2D eigenvalue weighted by Gasteiger charge is 2.56. The first-order valence-electron chi connectivity index (χ1n) is 12.4. The van der Waals surface area contributed by atoms with Crippen LogP contribution < -0.4 is 10.1 Å². The fourth-order valence-electron chi connectivity index (χ4n) is 5.34. The molecule has 9 heteroatoms.